The zero-order valence-electron chi connectivity index (χ0n) is 12.1. The second-order valence-corrected chi connectivity index (χ2v) is 6.02. The van der Waals surface area contributed by atoms with Crippen LogP contribution in [0.4, 0.5) is 0 Å². The van der Waals surface area contributed by atoms with Gasteiger partial charge in [-0.05, 0) is 38.5 Å². The van der Waals surface area contributed by atoms with Crippen LogP contribution in [0, 0.1) is 5.92 Å². The summed E-state index contributed by atoms with van der Waals surface area (Å²) < 4.78 is 5.37. The van der Waals surface area contributed by atoms with Gasteiger partial charge in [-0.15, -0.1) is 0 Å². The highest BCUT2D eigenvalue weighted by Crippen LogP contribution is 2.19. The van der Waals surface area contributed by atoms with Crippen LogP contribution < -0.4 is 10.6 Å². The number of carbonyl (C=O) groups is 1. The van der Waals surface area contributed by atoms with E-state index in [9.17, 15) is 4.79 Å². The molecule has 2 rings (SSSR count). The molecule has 2 aliphatic rings. The normalized spacial score (nSPS) is 24.1. The fraction of sp³-hybridized carbons (Fsp3) is 0.933. The van der Waals surface area contributed by atoms with E-state index in [1.54, 1.807) is 0 Å². The van der Waals surface area contributed by atoms with Gasteiger partial charge in [-0.3, -0.25) is 4.79 Å². The molecule has 1 atom stereocenters. The largest absolute Gasteiger partial charge is 0.381 e. The molecule has 2 N–H and O–H groups in total. The fourth-order valence-electron chi connectivity index (χ4n) is 3.16. The standard InChI is InChI=1S/C15H28N2O2/c1-12(13-7-9-19-10-8-13)16-11-15(18)17-14-5-3-2-4-6-14/h12-14,16H,2-11H2,1H3,(H,17,18). The minimum absolute atomic E-state index is 0.158. The van der Waals surface area contributed by atoms with Crippen molar-refractivity contribution in [2.24, 2.45) is 5.92 Å². The third kappa shape index (κ3) is 5.11. The minimum Gasteiger partial charge on any atom is -0.381 e. The molecular weight excluding hydrogens is 240 g/mol. The third-order valence-corrected chi connectivity index (χ3v) is 4.53. The Labute approximate surface area is 116 Å². The summed E-state index contributed by atoms with van der Waals surface area (Å²) in [5, 5.41) is 6.53. The van der Waals surface area contributed by atoms with Crippen molar-refractivity contribution >= 4 is 5.91 Å². The van der Waals surface area contributed by atoms with Gasteiger partial charge in [0.1, 0.15) is 0 Å². The number of hydrogen-bond donors (Lipinski definition) is 2. The number of carbonyl (C=O) groups excluding carboxylic acids is 1. The van der Waals surface area contributed by atoms with Crippen LogP contribution in [0.2, 0.25) is 0 Å². The van der Waals surface area contributed by atoms with Gasteiger partial charge >= 0.3 is 0 Å². The summed E-state index contributed by atoms with van der Waals surface area (Å²) in [5.74, 6) is 0.807. The lowest BCUT2D eigenvalue weighted by Crippen LogP contribution is -2.45. The zero-order valence-corrected chi connectivity index (χ0v) is 12.1. The third-order valence-electron chi connectivity index (χ3n) is 4.53. The van der Waals surface area contributed by atoms with Crippen molar-refractivity contribution in [3.63, 3.8) is 0 Å². The maximum Gasteiger partial charge on any atom is 0.234 e. The molecule has 0 radical (unpaired) electrons. The van der Waals surface area contributed by atoms with E-state index in [1.807, 2.05) is 0 Å². The predicted molar refractivity (Wildman–Crippen MR) is 76.0 cm³/mol. The summed E-state index contributed by atoms with van der Waals surface area (Å²) in [6.45, 7) is 4.37. The summed E-state index contributed by atoms with van der Waals surface area (Å²) >= 11 is 0. The lowest BCUT2D eigenvalue weighted by Gasteiger charge is -2.29. The first-order valence-corrected chi connectivity index (χ1v) is 7.86. The second-order valence-electron chi connectivity index (χ2n) is 6.02. The van der Waals surface area contributed by atoms with Gasteiger partial charge in [-0.25, -0.2) is 0 Å². The van der Waals surface area contributed by atoms with Gasteiger partial charge in [0.05, 0.1) is 6.54 Å². The monoisotopic (exact) mass is 268 g/mol. The van der Waals surface area contributed by atoms with Gasteiger partial charge in [0.25, 0.3) is 0 Å². The van der Waals surface area contributed by atoms with Crippen molar-refractivity contribution in [2.45, 2.75) is 64.0 Å². The molecule has 1 saturated carbocycles. The van der Waals surface area contributed by atoms with Crippen molar-refractivity contribution < 1.29 is 9.53 Å². The van der Waals surface area contributed by atoms with Gasteiger partial charge in [0.2, 0.25) is 5.91 Å². The number of ether oxygens (including phenoxy) is 1. The summed E-state index contributed by atoms with van der Waals surface area (Å²) in [6.07, 6.45) is 8.37. The maximum atomic E-state index is 11.9. The molecule has 0 aromatic carbocycles. The van der Waals surface area contributed by atoms with Crippen LogP contribution in [0.5, 0.6) is 0 Å². The van der Waals surface area contributed by atoms with Crippen LogP contribution in [0.1, 0.15) is 51.9 Å². The lowest BCUT2D eigenvalue weighted by atomic mass is 9.93. The summed E-state index contributed by atoms with van der Waals surface area (Å²) in [6, 6.07) is 0.822. The smallest absolute Gasteiger partial charge is 0.234 e. The van der Waals surface area contributed by atoms with Crippen molar-refractivity contribution in [1.82, 2.24) is 10.6 Å². The van der Waals surface area contributed by atoms with E-state index in [0.717, 1.165) is 38.9 Å². The Balaban J connectivity index is 1.61. The van der Waals surface area contributed by atoms with E-state index in [2.05, 4.69) is 17.6 Å². The lowest BCUT2D eigenvalue weighted by molar-refractivity contribution is -0.121. The Hall–Kier alpha value is -0.610. The van der Waals surface area contributed by atoms with E-state index in [0.29, 0.717) is 24.5 Å². The molecule has 1 heterocycles. The summed E-state index contributed by atoms with van der Waals surface area (Å²) in [7, 11) is 0. The van der Waals surface area contributed by atoms with Crippen molar-refractivity contribution in [3.8, 4) is 0 Å². The van der Waals surface area contributed by atoms with Crippen molar-refractivity contribution in [1.29, 1.82) is 0 Å². The molecule has 2 fully saturated rings. The molecule has 0 aromatic rings. The Morgan fingerprint density at radius 1 is 1.16 bits per heavy atom. The molecule has 0 bridgehead atoms. The Morgan fingerprint density at radius 2 is 1.84 bits per heavy atom. The highest BCUT2D eigenvalue weighted by Gasteiger charge is 2.21. The Kier molecular flexibility index (Phi) is 6.11. The first-order chi connectivity index (χ1) is 9.25. The van der Waals surface area contributed by atoms with Crippen LogP contribution in [-0.4, -0.2) is 37.7 Å². The van der Waals surface area contributed by atoms with E-state index >= 15 is 0 Å². The molecule has 4 heteroatoms. The SMILES string of the molecule is CC(NCC(=O)NC1CCCCC1)C1CCOCC1. The number of nitrogens with one attached hydrogen (secondary N) is 2. The van der Waals surface area contributed by atoms with Crippen molar-refractivity contribution in [3.05, 3.63) is 0 Å². The molecule has 1 aliphatic heterocycles. The maximum absolute atomic E-state index is 11.9. The molecule has 0 aromatic heterocycles. The van der Waals surface area contributed by atoms with Crippen LogP contribution in [-0.2, 0) is 9.53 Å². The van der Waals surface area contributed by atoms with E-state index in [-0.39, 0.29) is 5.91 Å². The molecule has 0 spiro atoms. The van der Waals surface area contributed by atoms with Crippen LogP contribution >= 0.6 is 0 Å². The molecule has 4 nitrogen and oxygen atoms in total. The molecular formula is C15H28N2O2. The molecule has 1 unspecified atom stereocenters. The number of hydrogen-bond acceptors (Lipinski definition) is 3. The quantitative estimate of drug-likeness (QED) is 0.800. The highest BCUT2D eigenvalue weighted by molar-refractivity contribution is 5.78. The fourth-order valence-corrected chi connectivity index (χ4v) is 3.16. The first kappa shape index (κ1) is 14.8. The van der Waals surface area contributed by atoms with E-state index in [4.69, 9.17) is 4.74 Å². The molecule has 19 heavy (non-hydrogen) atoms. The Morgan fingerprint density at radius 3 is 2.53 bits per heavy atom. The first-order valence-electron chi connectivity index (χ1n) is 7.86. The minimum atomic E-state index is 0.158. The molecule has 1 saturated heterocycles. The van der Waals surface area contributed by atoms with Gasteiger partial charge in [-0.1, -0.05) is 19.3 Å². The number of amides is 1. The van der Waals surface area contributed by atoms with Gasteiger partial charge in [0, 0.05) is 25.3 Å². The highest BCUT2D eigenvalue weighted by atomic mass is 16.5. The predicted octanol–water partition coefficient (Wildman–Crippen LogP) is 1.84. The van der Waals surface area contributed by atoms with Gasteiger partial charge in [-0.2, -0.15) is 0 Å². The van der Waals surface area contributed by atoms with Crippen LogP contribution in [0.3, 0.4) is 0 Å². The molecule has 1 amide bonds. The average Bonchev–Trinajstić information content (AvgIpc) is 2.47. The van der Waals surface area contributed by atoms with E-state index < -0.39 is 0 Å². The van der Waals surface area contributed by atoms with Crippen LogP contribution in [0.25, 0.3) is 0 Å². The molecule has 110 valence electrons. The molecule has 1 aliphatic carbocycles. The second kappa shape index (κ2) is 7.85. The van der Waals surface area contributed by atoms with Crippen LogP contribution in [0.15, 0.2) is 0 Å². The van der Waals surface area contributed by atoms with Crippen molar-refractivity contribution in [2.75, 3.05) is 19.8 Å². The average molecular weight is 268 g/mol. The Bertz CT molecular complexity index is 271. The van der Waals surface area contributed by atoms with Gasteiger partial charge in [0.15, 0.2) is 0 Å². The topological polar surface area (TPSA) is 50.4 Å². The summed E-state index contributed by atoms with van der Waals surface area (Å²) in [5.41, 5.74) is 0. The number of rotatable bonds is 5. The summed E-state index contributed by atoms with van der Waals surface area (Å²) in [4.78, 5) is 11.9. The zero-order chi connectivity index (χ0) is 13.5. The van der Waals surface area contributed by atoms with Gasteiger partial charge < -0.3 is 15.4 Å². The van der Waals surface area contributed by atoms with E-state index in [1.165, 1.54) is 19.3 Å².